The van der Waals surface area contributed by atoms with Crippen LogP contribution in [0.15, 0.2) is 61.4 Å². The summed E-state index contributed by atoms with van der Waals surface area (Å²) in [5.41, 5.74) is 2.20. The molecule has 212 valence electrons. The molecule has 4 aromatic rings. The van der Waals surface area contributed by atoms with E-state index < -0.39 is 18.6 Å². The van der Waals surface area contributed by atoms with Crippen molar-refractivity contribution < 1.29 is 27.4 Å². The highest BCUT2D eigenvalue weighted by Crippen LogP contribution is 2.30. The van der Waals surface area contributed by atoms with E-state index in [1.165, 1.54) is 31.6 Å². The van der Waals surface area contributed by atoms with Crippen LogP contribution < -0.4 is 14.8 Å². The fraction of sp³-hybridized carbons (Fsp3) is 0.259. The molecule has 0 saturated heterocycles. The first-order chi connectivity index (χ1) is 19.6. The third-order valence-corrected chi connectivity index (χ3v) is 5.78. The molecule has 14 heteroatoms. The minimum absolute atomic E-state index is 0.0323. The summed E-state index contributed by atoms with van der Waals surface area (Å²) in [6.07, 6.45) is 1.37. The van der Waals surface area contributed by atoms with E-state index in [1.54, 1.807) is 41.6 Å². The topological polar surface area (TPSA) is 131 Å². The maximum atomic E-state index is 12.7. The number of nitrogens with zero attached hydrogens (tertiary/aromatic N) is 7. The zero-order valence-electron chi connectivity index (χ0n) is 22.3. The lowest BCUT2D eigenvalue weighted by molar-refractivity contribution is -0.138. The van der Waals surface area contributed by atoms with Crippen molar-refractivity contribution in [1.29, 1.82) is 5.26 Å². The first kappa shape index (κ1) is 28.8. The Bertz CT molecular complexity index is 1540. The number of hydrogen-bond acceptors (Lipinski definition) is 9. The van der Waals surface area contributed by atoms with Crippen molar-refractivity contribution in [3.8, 4) is 28.7 Å². The second kappa shape index (κ2) is 12.3. The van der Waals surface area contributed by atoms with E-state index in [0.717, 1.165) is 12.6 Å². The summed E-state index contributed by atoms with van der Waals surface area (Å²) in [6, 6.07) is 11.5. The Hall–Kier alpha value is -5.19. The predicted molar refractivity (Wildman–Crippen MR) is 142 cm³/mol. The van der Waals surface area contributed by atoms with Gasteiger partial charge in [0.1, 0.15) is 42.9 Å². The normalized spacial score (nSPS) is 11.8. The number of nitriles is 1. The summed E-state index contributed by atoms with van der Waals surface area (Å²) in [7, 11) is 2.45. The molecule has 0 radical (unpaired) electrons. The molecule has 0 saturated carbocycles. The van der Waals surface area contributed by atoms with Gasteiger partial charge >= 0.3 is 6.18 Å². The Kier molecular flexibility index (Phi) is 8.66. The van der Waals surface area contributed by atoms with Crippen LogP contribution in [-0.4, -0.2) is 68.5 Å². The second-order valence-corrected chi connectivity index (χ2v) is 8.98. The highest BCUT2D eigenvalue weighted by atomic mass is 19.4. The van der Waals surface area contributed by atoms with Gasteiger partial charge in [0.15, 0.2) is 0 Å². The van der Waals surface area contributed by atoms with Gasteiger partial charge in [-0.2, -0.15) is 23.5 Å². The van der Waals surface area contributed by atoms with Crippen molar-refractivity contribution in [3.63, 3.8) is 0 Å². The van der Waals surface area contributed by atoms with Gasteiger partial charge in [-0.3, -0.25) is 4.79 Å². The average Bonchev–Trinajstić information content (AvgIpc) is 3.45. The summed E-state index contributed by atoms with van der Waals surface area (Å²) in [5.74, 6) is 0.0381. The average molecular weight is 567 g/mol. The number of alkyl halides is 3. The summed E-state index contributed by atoms with van der Waals surface area (Å²) in [6.45, 7) is 0.932. The van der Waals surface area contributed by atoms with Crippen molar-refractivity contribution in [1.82, 2.24) is 29.6 Å². The number of amides is 1. The van der Waals surface area contributed by atoms with Crippen LogP contribution in [0.3, 0.4) is 0 Å². The molecule has 11 nitrogen and oxygen atoms in total. The highest BCUT2D eigenvalue weighted by Gasteiger charge is 2.31. The molecule has 2 heterocycles. The molecule has 2 aromatic heterocycles. The van der Waals surface area contributed by atoms with Crippen molar-refractivity contribution in [2.45, 2.75) is 25.7 Å². The summed E-state index contributed by atoms with van der Waals surface area (Å²) in [4.78, 5) is 25.6. The van der Waals surface area contributed by atoms with Crippen molar-refractivity contribution >= 4 is 17.5 Å². The van der Waals surface area contributed by atoms with E-state index >= 15 is 0 Å². The molecular formula is C27H25F3N8O3. The highest BCUT2D eigenvalue weighted by molar-refractivity contribution is 5.95. The Labute approximate surface area is 233 Å². The number of carbonyl (C=O) groups excluding carboxylic acids is 1. The van der Waals surface area contributed by atoms with Crippen LogP contribution in [0.5, 0.6) is 11.5 Å². The van der Waals surface area contributed by atoms with E-state index in [4.69, 9.17) is 9.47 Å². The molecule has 2 aromatic carbocycles. The molecule has 0 aliphatic carbocycles. The number of halogens is 3. The van der Waals surface area contributed by atoms with Crippen LogP contribution in [0.2, 0.25) is 0 Å². The van der Waals surface area contributed by atoms with E-state index in [9.17, 15) is 23.2 Å². The van der Waals surface area contributed by atoms with Gasteiger partial charge in [-0.05, 0) is 42.8 Å². The van der Waals surface area contributed by atoms with Gasteiger partial charge in [-0.1, -0.05) is 6.07 Å². The zero-order chi connectivity index (χ0) is 29.6. The SMILES string of the molecule is COc1cc(C(=O)N(C)CC(F)(F)F)ccc1Nc1ncc(-c2ccc(C#N)c(OC(C)Cn3cncn3)c2)cn1. The van der Waals surface area contributed by atoms with E-state index in [2.05, 4.69) is 31.4 Å². The van der Waals surface area contributed by atoms with E-state index in [-0.39, 0.29) is 23.4 Å². The van der Waals surface area contributed by atoms with Crippen LogP contribution in [0.4, 0.5) is 24.8 Å². The molecule has 1 unspecified atom stereocenters. The lowest BCUT2D eigenvalue weighted by Gasteiger charge is -2.19. The Morgan fingerprint density at radius 3 is 2.54 bits per heavy atom. The maximum Gasteiger partial charge on any atom is 0.406 e. The minimum atomic E-state index is -4.51. The number of nitrogens with one attached hydrogen (secondary N) is 1. The number of ether oxygens (including phenoxy) is 2. The van der Waals surface area contributed by atoms with Gasteiger partial charge in [0.05, 0.1) is 24.9 Å². The third kappa shape index (κ3) is 7.47. The molecule has 0 aliphatic heterocycles. The molecule has 1 atom stereocenters. The second-order valence-electron chi connectivity index (χ2n) is 8.98. The summed E-state index contributed by atoms with van der Waals surface area (Å²) in [5, 5.41) is 16.6. The number of methoxy groups -OCH3 is 1. The Morgan fingerprint density at radius 1 is 1.15 bits per heavy atom. The molecule has 41 heavy (non-hydrogen) atoms. The summed E-state index contributed by atoms with van der Waals surface area (Å²) < 4.78 is 51.0. The van der Waals surface area contributed by atoms with Crippen molar-refractivity contribution in [2.24, 2.45) is 0 Å². The number of carbonyl (C=O) groups is 1. The van der Waals surface area contributed by atoms with Crippen LogP contribution in [0.25, 0.3) is 11.1 Å². The molecule has 0 bridgehead atoms. The summed E-state index contributed by atoms with van der Waals surface area (Å²) >= 11 is 0. The van der Waals surface area contributed by atoms with Crippen LogP contribution in [-0.2, 0) is 6.54 Å². The molecule has 0 aliphatic rings. The first-order valence-electron chi connectivity index (χ1n) is 12.2. The zero-order valence-corrected chi connectivity index (χ0v) is 22.3. The number of rotatable bonds is 10. The first-order valence-corrected chi connectivity index (χ1v) is 12.2. The van der Waals surface area contributed by atoms with Gasteiger partial charge in [-0.25, -0.2) is 19.6 Å². The minimum Gasteiger partial charge on any atom is -0.495 e. The number of hydrogen-bond donors (Lipinski definition) is 1. The lowest BCUT2D eigenvalue weighted by atomic mass is 10.1. The molecular weight excluding hydrogens is 541 g/mol. The van der Waals surface area contributed by atoms with Crippen LogP contribution >= 0.6 is 0 Å². The Morgan fingerprint density at radius 2 is 1.90 bits per heavy atom. The third-order valence-electron chi connectivity index (χ3n) is 5.78. The molecule has 0 fully saturated rings. The van der Waals surface area contributed by atoms with Crippen LogP contribution in [0, 0.1) is 11.3 Å². The predicted octanol–water partition coefficient (Wildman–Crippen LogP) is 4.46. The molecule has 4 rings (SSSR count). The van der Waals surface area contributed by atoms with Crippen LogP contribution in [0.1, 0.15) is 22.8 Å². The maximum absolute atomic E-state index is 12.7. The number of aromatic nitrogens is 5. The standard InChI is InChI=1S/C27H25F3N8O3/c1-17(13-38-16-32-15-35-38)41-23-8-18(4-5-20(23)10-31)21-11-33-26(34-12-21)36-22-7-6-19(9-24(22)40-3)25(39)37(2)14-27(28,29)30/h4-9,11-12,15-17H,13-14H2,1-3H3,(H,33,34,36). The van der Waals surface area contributed by atoms with E-state index in [0.29, 0.717) is 34.0 Å². The quantitative estimate of drug-likeness (QED) is 0.296. The van der Waals surface area contributed by atoms with Gasteiger partial charge in [0, 0.05) is 30.6 Å². The monoisotopic (exact) mass is 566 g/mol. The van der Waals surface area contributed by atoms with Gasteiger partial charge in [0.25, 0.3) is 5.91 Å². The fourth-order valence-corrected chi connectivity index (χ4v) is 3.89. The van der Waals surface area contributed by atoms with Gasteiger partial charge < -0.3 is 19.7 Å². The van der Waals surface area contributed by atoms with Gasteiger partial charge in [0.2, 0.25) is 5.95 Å². The van der Waals surface area contributed by atoms with Gasteiger partial charge in [-0.15, -0.1) is 0 Å². The van der Waals surface area contributed by atoms with Crippen molar-refractivity contribution in [3.05, 3.63) is 72.6 Å². The smallest absolute Gasteiger partial charge is 0.406 e. The van der Waals surface area contributed by atoms with Crippen molar-refractivity contribution in [2.75, 3.05) is 26.0 Å². The number of benzene rings is 2. The fourth-order valence-electron chi connectivity index (χ4n) is 3.89. The van der Waals surface area contributed by atoms with E-state index in [1.807, 2.05) is 6.92 Å². The largest absolute Gasteiger partial charge is 0.495 e. The molecule has 0 spiro atoms. The Balaban J connectivity index is 1.48. The number of anilines is 2. The molecule has 1 N–H and O–H groups in total. The lowest BCUT2D eigenvalue weighted by Crippen LogP contribution is -2.35. The molecule has 1 amide bonds.